The van der Waals surface area contributed by atoms with E-state index in [-0.39, 0.29) is 0 Å². The molecule has 4 heteroatoms. The number of hydrogen-bond donors (Lipinski definition) is 2. The Balaban J connectivity index is 2.26. The van der Waals surface area contributed by atoms with E-state index in [4.69, 9.17) is 11.5 Å². The predicted octanol–water partition coefficient (Wildman–Crippen LogP) is 1.60. The van der Waals surface area contributed by atoms with Crippen LogP contribution in [-0.2, 0) is 0 Å². The summed E-state index contributed by atoms with van der Waals surface area (Å²) in [4.78, 5) is 13.5. The molecule has 2 rings (SSSR count). The van der Waals surface area contributed by atoms with Gasteiger partial charge in [-0.15, -0.1) is 0 Å². The quantitative estimate of drug-likeness (QED) is 0.762. The second-order valence-corrected chi connectivity index (χ2v) is 4.83. The van der Waals surface area contributed by atoms with Gasteiger partial charge in [-0.1, -0.05) is 6.92 Å². The van der Waals surface area contributed by atoms with Gasteiger partial charge < -0.3 is 16.4 Å². The zero-order valence-corrected chi connectivity index (χ0v) is 10.1. The number of nitrogens with two attached hydrogens (primary N) is 2. The van der Waals surface area contributed by atoms with Crippen LogP contribution in [0.25, 0.3) is 0 Å². The van der Waals surface area contributed by atoms with E-state index in [1.54, 1.807) is 12.1 Å². The van der Waals surface area contributed by atoms with Crippen LogP contribution in [-0.4, -0.2) is 19.0 Å². The summed E-state index contributed by atoms with van der Waals surface area (Å²) in [5.74, 6) is 0.229. The Morgan fingerprint density at radius 3 is 2.88 bits per heavy atom. The number of carbonyl (C=O) groups is 1. The highest BCUT2D eigenvalue weighted by Gasteiger charge is 2.18. The number of anilines is 2. The van der Waals surface area contributed by atoms with Crippen molar-refractivity contribution in [2.75, 3.05) is 23.7 Å². The Morgan fingerprint density at radius 2 is 2.24 bits per heavy atom. The average Bonchev–Trinajstić information content (AvgIpc) is 2.29. The summed E-state index contributed by atoms with van der Waals surface area (Å²) < 4.78 is 0. The topological polar surface area (TPSA) is 72.3 Å². The summed E-state index contributed by atoms with van der Waals surface area (Å²) in [6.07, 6.45) is 2.46. The minimum Gasteiger partial charge on any atom is -0.398 e. The van der Waals surface area contributed by atoms with Crippen molar-refractivity contribution in [3.05, 3.63) is 23.8 Å². The summed E-state index contributed by atoms with van der Waals surface area (Å²) >= 11 is 0. The molecule has 0 aliphatic carbocycles. The lowest BCUT2D eigenvalue weighted by Crippen LogP contribution is -2.34. The van der Waals surface area contributed by atoms with E-state index in [0.717, 1.165) is 18.8 Å². The standard InChI is InChI=1S/C13H19N3O/c1-9-3-2-6-16(8-9)10-4-5-12(14)11(7-10)13(15)17/h4-5,7,9H,2-3,6,8,14H2,1H3,(H2,15,17). The summed E-state index contributed by atoms with van der Waals surface area (Å²) in [7, 11) is 0. The second kappa shape index (κ2) is 4.65. The highest BCUT2D eigenvalue weighted by Crippen LogP contribution is 2.25. The van der Waals surface area contributed by atoms with E-state index in [0.29, 0.717) is 17.2 Å². The van der Waals surface area contributed by atoms with Gasteiger partial charge in [0.1, 0.15) is 0 Å². The molecule has 1 amide bonds. The number of primary amides is 1. The van der Waals surface area contributed by atoms with Crippen LogP contribution in [0.5, 0.6) is 0 Å². The van der Waals surface area contributed by atoms with Crippen molar-refractivity contribution in [3.63, 3.8) is 0 Å². The molecular weight excluding hydrogens is 214 g/mol. The minimum absolute atomic E-state index is 0.417. The molecule has 1 unspecified atom stereocenters. The Kier molecular flexibility index (Phi) is 3.22. The van der Waals surface area contributed by atoms with Gasteiger partial charge >= 0.3 is 0 Å². The lowest BCUT2D eigenvalue weighted by atomic mass is 9.99. The van der Waals surface area contributed by atoms with Gasteiger partial charge in [-0.3, -0.25) is 4.79 Å². The third kappa shape index (κ3) is 2.52. The highest BCUT2D eigenvalue weighted by molar-refractivity contribution is 5.99. The number of nitrogen functional groups attached to an aromatic ring is 1. The van der Waals surface area contributed by atoms with Gasteiger partial charge in [-0.05, 0) is 37.0 Å². The Hall–Kier alpha value is -1.71. The molecule has 1 aromatic carbocycles. The van der Waals surface area contributed by atoms with Gasteiger partial charge in [-0.25, -0.2) is 0 Å². The van der Waals surface area contributed by atoms with E-state index in [1.807, 2.05) is 6.07 Å². The van der Waals surface area contributed by atoms with Crippen molar-refractivity contribution in [1.29, 1.82) is 0 Å². The fraction of sp³-hybridized carbons (Fsp3) is 0.462. The number of hydrogen-bond acceptors (Lipinski definition) is 3. The maximum absolute atomic E-state index is 11.2. The van der Waals surface area contributed by atoms with Crippen LogP contribution < -0.4 is 16.4 Å². The molecule has 0 aromatic heterocycles. The third-order valence-electron chi connectivity index (χ3n) is 3.32. The van der Waals surface area contributed by atoms with Crippen LogP contribution in [0, 0.1) is 5.92 Å². The number of carbonyl (C=O) groups excluding carboxylic acids is 1. The first-order valence-electron chi connectivity index (χ1n) is 6.02. The molecule has 1 aliphatic heterocycles. The van der Waals surface area contributed by atoms with Crippen molar-refractivity contribution in [2.24, 2.45) is 11.7 Å². The molecule has 1 atom stereocenters. The smallest absolute Gasteiger partial charge is 0.250 e. The number of nitrogens with zero attached hydrogens (tertiary/aromatic N) is 1. The van der Waals surface area contributed by atoms with Gasteiger partial charge in [0, 0.05) is 24.5 Å². The maximum Gasteiger partial charge on any atom is 0.250 e. The van der Waals surface area contributed by atoms with Gasteiger partial charge in [0.05, 0.1) is 5.56 Å². The first kappa shape index (κ1) is 11.8. The first-order valence-corrected chi connectivity index (χ1v) is 6.02. The summed E-state index contributed by atoms with van der Waals surface area (Å²) in [5.41, 5.74) is 12.9. The van der Waals surface area contributed by atoms with Crippen molar-refractivity contribution in [2.45, 2.75) is 19.8 Å². The van der Waals surface area contributed by atoms with Crippen molar-refractivity contribution in [1.82, 2.24) is 0 Å². The van der Waals surface area contributed by atoms with Crippen LogP contribution in [0.2, 0.25) is 0 Å². The number of benzene rings is 1. The highest BCUT2D eigenvalue weighted by atomic mass is 16.1. The van der Waals surface area contributed by atoms with E-state index >= 15 is 0 Å². The SMILES string of the molecule is CC1CCCN(c2ccc(N)c(C(N)=O)c2)C1. The molecular formula is C13H19N3O. The van der Waals surface area contributed by atoms with E-state index < -0.39 is 5.91 Å². The normalized spacial score (nSPS) is 20.3. The molecule has 17 heavy (non-hydrogen) atoms. The Labute approximate surface area is 102 Å². The maximum atomic E-state index is 11.2. The zero-order valence-electron chi connectivity index (χ0n) is 10.1. The number of piperidine rings is 1. The second-order valence-electron chi connectivity index (χ2n) is 4.83. The number of rotatable bonds is 2. The van der Waals surface area contributed by atoms with Gasteiger partial charge in [0.25, 0.3) is 5.91 Å². The molecule has 1 aliphatic rings. The van der Waals surface area contributed by atoms with Crippen LogP contribution in [0.3, 0.4) is 0 Å². The van der Waals surface area contributed by atoms with Gasteiger partial charge in [0.15, 0.2) is 0 Å². The Morgan fingerprint density at radius 1 is 1.47 bits per heavy atom. The molecule has 0 saturated carbocycles. The minimum atomic E-state index is -0.464. The van der Waals surface area contributed by atoms with Gasteiger partial charge in [-0.2, -0.15) is 0 Å². The largest absolute Gasteiger partial charge is 0.398 e. The van der Waals surface area contributed by atoms with Crippen LogP contribution in [0.4, 0.5) is 11.4 Å². The predicted molar refractivity (Wildman–Crippen MR) is 70.0 cm³/mol. The fourth-order valence-corrected chi connectivity index (χ4v) is 2.38. The van der Waals surface area contributed by atoms with Crippen molar-refractivity contribution in [3.8, 4) is 0 Å². The van der Waals surface area contributed by atoms with E-state index in [2.05, 4.69) is 11.8 Å². The average molecular weight is 233 g/mol. The van der Waals surface area contributed by atoms with Crippen LogP contribution >= 0.6 is 0 Å². The number of amides is 1. The van der Waals surface area contributed by atoms with E-state index in [9.17, 15) is 4.79 Å². The van der Waals surface area contributed by atoms with Crippen molar-refractivity contribution < 1.29 is 4.79 Å². The monoisotopic (exact) mass is 233 g/mol. The Bertz CT molecular complexity index is 431. The third-order valence-corrected chi connectivity index (χ3v) is 3.32. The molecule has 1 fully saturated rings. The molecule has 0 spiro atoms. The molecule has 1 heterocycles. The molecule has 92 valence electrons. The molecule has 4 N–H and O–H groups in total. The van der Waals surface area contributed by atoms with Crippen molar-refractivity contribution >= 4 is 17.3 Å². The lowest BCUT2D eigenvalue weighted by Gasteiger charge is -2.33. The first-order chi connectivity index (χ1) is 8.08. The molecule has 1 aromatic rings. The lowest BCUT2D eigenvalue weighted by molar-refractivity contribution is 0.100. The fourth-order valence-electron chi connectivity index (χ4n) is 2.38. The molecule has 1 saturated heterocycles. The van der Waals surface area contributed by atoms with Crippen LogP contribution in [0.15, 0.2) is 18.2 Å². The summed E-state index contributed by atoms with van der Waals surface area (Å²) in [6.45, 7) is 4.31. The van der Waals surface area contributed by atoms with Gasteiger partial charge in [0.2, 0.25) is 0 Å². The molecule has 0 radical (unpaired) electrons. The summed E-state index contributed by atoms with van der Waals surface area (Å²) in [6, 6.07) is 5.52. The molecule has 4 nitrogen and oxygen atoms in total. The summed E-state index contributed by atoms with van der Waals surface area (Å²) in [5, 5.41) is 0. The van der Waals surface area contributed by atoms with Crippen LogP contribution in [0.1, 0.15) is 30.1 Å². The van der Waals surface area contributed by atoms with E-state index in [1.165, 1.54) is 12.8 Å². The zero-order chi connectivity index (χ0) is 12.4. The molecule has 0 bridgehead atoms.